The number of rotatable bonds is 7. The average molecular weight is 466 g/mol. The zero-order valence-corrected chi connectivity index (χ0v) is 18.4. The van der Waals surface area contributed by atoms with Gasteiger partial charge in [-0.05, 0) is 35.9 Å². The van der Waals surface area contributed by atoms with E-state index in [9.17, 15) is 14.9 Å². The third kappa shape index (κ3) is 5.55. The molecule has 0 aliphatic rings. The molecule has 0 radical (unpaired) electrons. The second-order valence-corrected chi connectivity index (χ2v) is 7.03. The van der Waals surface area contributed by atoms with Crippen molar-refractivity contribution < 1.29 is 14.3 Å². The molecular formula is C25H18N6O4. The summed E-state index contributed by atoms with van der Waals surface area (Å²) in [6, 6.07) is 20.8. The van der Waals surface area contributed by atoms with Crippen LogP contribution in [0.2, 0.25) is 0 Å². The quantitative estimate of drug-likeness (QED) is 0.238. The summed E-state index contributed by atoms with van der Waals surface area (Å²) < 4.78 is 10.4. The molecule has 2 aromatic heterocycles. The van der Waals surface area contributed by atoms with Crippen LogP contribution >= 0.6 is 0 Å². The van der Waals surface area contributed by atoms with E-state index >= 15 is 0 Å². The van der Waals surface area contributed by atoms with Crippen LogP contribution in [-0.2, 0) is 4.74 Å². The maximum Gasteiger partial charge on any atom is 0.338 e. The van der Waals surface area contributed by atoms with Crippen LogP contribution in [-0.4, -0.2) is 34.2 Å². The number of pyridine rings is 1. The molecule has 2 heterocycles. The molecule has 0 aliphatic carbocycles. The molecule has 172 valence electrons. The minimum Gasteiger partial charge on any atom is -0.465 e. The first-order valence-electron chi connectivity index (χ1n) is 10.3. The number of hydrazone groups is 1. The highest BCUT2D eigenvalue weighted by Crippen LogP contribution is 2.21. The Morgan fingerprint density at radius 2 is 1.91 bits per heavy atom. The predicted molar refractivity (Wildman–Crippen MR) is 128 cm³/mol. The van der Waals surface area contributed by atoms with Gasteiger partial charge in [-0.15, -0.1) is 0 Å². The molecule has 35 heavy (non-hydrogen) atoms. The number of hydrogen-bond donors (Lipinski definition) is 2. The molecule has 2 N–H and O–H groups in total. The fraction of sp³-hybridized carbons (Fsp3) is 0.0400. The van der Waals surface area contributed by atoms with Crippen LogP contribution in [0.4, 0.5) is 5.95 Å². The maximum atomic E-state index is 12.3. The minimum atomic E-state index is -0.564. The van der Waals surface area contributed by atoms with Crippen molar-refractivity contribution in [3.63, 3.8) is 0 Å². The van der Waals surface area contributed by atoms with Crippen molar-refractivity contribution in [1.29, 1.82) is 5.26 Å². The number of nitrogens with zero attached hydrogens (tertiary/aromatic N) is 4. The molecule has 10 nitrogen and oxygen atoms in total. The van der Waals surface area contributed by atoms with Crippen LogP contribution in [0.5, 0.6) is 11.6 Å². The van der Waals surface area contributed by atoms with Gasteiger partial charge in [0.05, 0.1) is 24.6 Å². The highest BCUT2D eigenvalue weighted by Gasteiger charge is 2.13. The molecule has 4 aromatic rings. The first-order chi connectivity index (χ1) is 17.1. The van der Waals surface area contributed by atoms with E-state index < -0.39 is 11.5 Å². The van der Waals surface area contributed by atoms with E-state index in [-0.39, 0.29) is 23.1 Å². The summed E-state index contributed by atoms with van der Waals surface area (Å²) in [5.41, 5.74) is 4.02. The molecule has 0 unspecified atom stereocenters. The lowest BCUT2D eigenvalue weighted by Crippen LogP contribution is -2.16. The molecule has 0 spiro atoms. The van der Waals surface area contributed by atoms with Gasteiger partial charge in [0.1, 0.15) is 17.4 Å². The third-order valence-electron chi connectivity index (χ3n) is 4.72. The van der Waals surface area contributed by atoms with E-state index in [1.54, 1.807) is 48.5 Å². The van der Waals surface area contributed by atoms with Gasteiger partial charge < -0.3 is 9.47 Å². The van der Waals surface area contributed by atoms with Crippen molar-refractivity contribution in [2.75, 3.05) is 12.5 Å². The van der Waals surface area contributed by atoms with Crippen LogP contribution in [0.1, 0.15) is 21.5 Å². The van der Waals surface area contributed by atoms with Gasteiger partial charge in [0.2, 0.25) is 11.8 Å². The van der Waals surface area contributed by atoms with E-state index in [1.807, 2.05) is 12.1 Å². The lowest BCUT2D eigenvalue weighted by molar-refractivity contribution is 0.0600. The molecule has 0 aliphatic heterocycles. The zero-order chi connectivity index (χ0) is 24.6. The summed E-state index contributed by atoms with van der Waals surface area (Å²) in [6.45, 7) is 0. The van der Waals surface area contributed by atoms with Crippen LogP contribution in [0.15, 0.2) is 82.8 Å². The number of aromatic nitrogens is 3. The van der Waals surface area contributed by atoms with E-state index in [4.69, 9.17) is 9.47 Å². The second kappa shape index (κ2) is 10.5. The van der Waals surface area contributed by atoms with Crippen LogP contribution in [0.3, 0.4) is 0 Å². The van der Waals surface area contributed by atoms with Crippen molar-refractivity contribution in [3.8, 4) is 29.0 Å². The Labute approximate surface area is 199 Å². The van der Waals surface area contributed by atoms with E-state index in [0.717, 1.165) is 5.56 Å². The van der Waals surface area contributed by atoms with Crippen LogP contribution < -0.4 is 15.7 Å². The molecule has 0 saturated heterocycles. The number of aromatic amines is 1. The number of anilines is 1. The highest BCUT2D eigenvalue weighted by molar-refractivity contribution is 5.89. The van der Waals surface area contributed by atoms with Gasteiger partial charge >= 0.3 is 5.97 Å². The fourth-order valence-electron chi connectivity index (χ4n) is 3.06. The molecular weight excluding hydrogens is 448 g/mol. The predicted octanol–water partition coefficient (Wildman–Crippen LogP) is 3.73. The molecule has 0 saturated carbocycles. The van der Waals surface area contributed by atoms with Crippen molar-refractivity contribution >= 4 is 18.1 Å². The monoisotopic (exact) mass is 466 g/mol. The minimum absolute atomic E-state index is 0.0760. The van der Waals surface area contributed by atoms with Crippen LogP contribution in [0, 0.1) is 11.3 Å². The second-order valence-electron chi connectivity index (χ2n) is 7.03. The average Bonchev–Trinajstić information content (AvgIpc) is 2.89. The number of benzene rings is 2. The number of carbonyl (C=O) groups is 1. The van der Waals surface area contributed by atoms with E-state index in [2.05, 4.69) is 25.5 Å². The van der Waals surface area contributed by atoms with Crippen molar-refractivity contribution in [2.24, 2.45) is 5.10 Å². The molecule has 2 aromatic carbocycles. The maximum absolute atomic E-state index is 12.3. The molecule has 0 fully saturated rings. The SMILES string of the molecule is COC(=O)c1ccnc(Oc2ccc(C=NNc3nc(-c4ccccc4)c(C#N)c(=O)[nH]3)cc2)c1. The topological polar surface area (TPSA) is 142 Å². The molecule has 0 amide bonds. The lowest BCUT2D eigenvalue weighted by atomic mass is 10.1. The van der Waals surface area contributed by atoms with E-state index in [0.29, 0.717) is 16.9 Å². The lowest BCUT2D eigenvalue weighted by Gasteiger charge is -2.06. The highest BCUT2D eigenvalue weighted by atomic mass is 16.5. The Kier molecular flexibility index (Phi) is 6.89. The summed E-state index contributed by atoms with van der Waals surface area (Å²) in [5, 5.41) is 13.4. The first kappa shape index (κ1) is 22.9. The van der Waals surface area contributed by atoms with E-state index in [1.165, 1.54) is 31.7 Å². The Bertz CT molecular complexity index is 1470. The Balaban J connectivity index is 1.45. The smallest absolute Gasteiger partial charge is 0.338 e. The summed E-state index contributed by atoms with van der Waals surface area (Å²) in [6.07, 6.45) is 2.99. The summed E-state index contributed by atoms with van der Waals surface area (Å²) in [7, 11) is 1.30. The Morgan fingerprint density at radius 1 is 1.14 bits per heavy atom. The van der Waals surface area contributed by atoms with Crippen molar-refractivity contribution in [2.45, 2.75) is 0 Å². The van der Waals surface area contributed by atoms with Gasteiger partial charge in [-0.2, -0.15) is 10.4 Å². The van der Waals surface area contributed by atoms with Crippen molar-refractivity contribution in [3.05, 3.63) is 100.0 Å². The van der Waals surface area contributed by atoms with Crippen LogP contribution in [0.25, 0.3) is 11.3 Å². The summed E-state index contributed by atoms with van der Waals surface area (Å²) >= 11 is 0. The van der Waals surface area contributed by atoms with Gasteiger partial charge in [-0.25, -0.2) is 20.2 Å². The summed E-state index contributed by atoms with van der Waals surface area (Å²) in [5.74, 6) is 0.377. The number of ether oxygens (including phenoxy) is 2. The molecule has 0 atom stereocenters. The van der Waals surface area contributed by atoms with Crippen molar-refractivity contribution in [1.82, 2.24) is 15.0 Å². The first-order valence-corrected chi connectivity index (χ1v) is 10.3. The van der Waals surface area contributed by atoms with Gasteiger partial charge in [-0.3, -0.25) is 9.78 Å². The normalized spacial score (nSPS) is 10.5. The number of nitrogens with one attached hydrogen (secondary N) is 2. The number of hydrogen-bond acceptors (Lipinski definition) is 9. The number of esters is 1. The largest absolute Gasteiger partial charge is 0.465 e. The van der Waals surface area contributed by atoms with Gasteiger partial charge in [-0.1, -0.05) is 30.3 Å². The van der Waals surface area contributed by atoms with Gasteiger partial charge in [0.15, 0.2) is 0 Å². The Hall–Kier alpha value is -5.30. The number of carbonyl (C=O) groups excluding carboxylic acids is 1. The fourth-order valence-corrected chi connectivity index (χ4v) is 3.06. The summed E-state index contributed by atoms with van der Waals surface area (Å²) in [4.78, 5) is 34.9. The Morgan fingerprint density at radius 3 is 2.63 bits per heavy atom. The zero-order valence-electron chi connectivity index (χ0n) is 18.4. The van der Waals surface area contributed by atoms with Gasteiger partial charge in [0.25, 0.3) is 5.56 Å². The van der Waals surface area contributed by atoms with Gasteiger partial charge in [0, 0.05) is 17.8 Å². The molecule has 4 rings (SSSR count). The number of nitriles is 1. The molecule has 0 bridgehead atoms. The number of H-pyrrole nitrogens is 1. The molecule has 10 heteroatoms. The third-order valence-corrected chi connectivity index (χ3v) is 4.72. The number of methoxy groups -OCH3 is 1. The standard InChI is InChI=1S/C25H18N6O4/c1-34-24(33)18-11-12-27-21(13-18)35-19-9-7-16(8-10-19)15-28-31-25-29-22(17-5-3-2-4-6-17)20(14-26)23(32)30-25/h2-13,15H,1H3,(H2,29,30,31,32).